The van der Waals surface area contributed by atoms with Crippen LogP contribution in [0.1, 0.15) is 5.76 Å². The van der Waals surface area contributed by atoms with Gasteiger partial charge in [0.1, 0.15) is 39.2 Å². The second-order valence-corrected chi connectivity index (χ2v) is 8.50. The minimum absolute atomic E-state index is 0.259. The second-order valence-electron chi connectivity index (χ2n) is 6.68. The molecule has 31 heavy (non-hydrogen) atoms. The molecule has 0 fully saturated rings. The molecule has 2 aromatic carbocycles. The summed E-state index contributed by atoms with van der Waals surface area (Å²) in [6.45, 7) is 0. The highest BCUT2D eigenvalue weighted by Crippen LogP contribution is 2.39. The number of rotatable bonds is 6. The Labute approximate surface area is 185 Å². The van der Waals surface area contributed by atoms with Gasteiger partial charge in [0.15, 0.2) is 0 Å². The van der Waals surface area contributed by atoms with E-state index in [0.717, 1.165) is 49.1 Å². The van der Waals surface area contributed by atoms with Crippen molar-refractivity contribution in [2.45, 2.75) is 10.8 Å². The van der Waals surface area contributed by atoms with Crippen LogP contribution in [-0.4, -0.2) is 22.2 Å². The fourth-order valence-corrected chi connectivity index (χ4v) is 5.17. The first kappa shape index (κ1) is 19.7. The standard InChI is InChI=1S/C23H16FN3O2S2/c1-28-20-5-3-2-4-17(20)19-10-16(29-27-19)11-30-22-21-18(12-31-23(21)26-13-25-22)14-6-8-15(24)9-7-14/h2-10,12-13H,11H2,1H3. The van der Waals surface area contributed by atoms with E-state index in [9.17, 15) is 4.39 Å². The van der Waals surface area contributed by atoms with E-state index in [0.29, 0.717) is 5.75 Å². The topological polar surface area (TPSA) is 61.0 Å². The van der Waals surface area contributed by atoms with E-state index in [4.69, 9.17) is 9.26 Å². The van der Waals surface area contributed by atoms with Crippen LogP contribution in [-0.2, 0) is 5.75 Å². The van der Waals surface area contributed by atoms with Crippen molar-refractivity contribution in [2.24, 2.45) is 0 Å². The van der Waals surface area contributed by atoms with Gasteiger partial charge in [0, 0.05) is 22.6 Å². The highest BCUT2D eigenvalue weighted by Gasteiger charge is 2.16. The minimum atomic E-state index is -0.259. The summed E-state index contributed by atoms with van der Waals surface area (Å²) in [5.41, 5.74) is 3.53. The van der Waals surface area contributed by atoms with Crippen LogP contribution < -0.4 is 4.74 Å². The van der Waals surface area contributed by atoms with Crippen molar-refractivity contribution in [3.63, 3.8) is 0 Å². The van der Waals surface area contributed by atoms with Crippen LogP contribution in [0.3, 0.4) is 0 Å². The van der Waals surface area contributed by atoms with Gasteiger partial charge in [0.2, 0.25) is 0 Å². The van der Waals surface area contributed by atoms with E-state index >= 15 is 0 Å². The molecule has 0 aliphatic carbocycles. The number of thioether (sulfide) groups is 1. The predicted octanol–water partition coefficient (Wildman–Crippen LogP) is 6.45. The monoisotopic (exact) mass is 449 g/mol. The van der Waals surface area contributed by atoms with E-state index in [2.05, 4.69) is 15.1 Å². The summed E-state index contributed by atoms with van der Waals surface area (Å²) in [4.78, 5) is 9.78. The molecule has 154 valence electrons. The van der Waals surface area contributed by atoms with Gasteiger partial charge in [-0.05, 0) is 29.8 Å². The first-order valence-electron chi connectivity index (χ1n) is 9.43. The molecule has 5 nitrogen and oxygen atoms in total. The predicted molar refractivity (Wildman–Crippen MR) is 121 cm³/mol. The highest BCUT2D eigenvalue weighted by molar-refractivity contribution is 7.98. The Balaban J connectivity index is 1.42. The van der Waals surface area contributed by atoms with Crippen LogP contribution in [0.2, 0.25) is 0 Å². The Hall–Kier alpha value is -3.23. The number of thiophene rings is 1. The lowest BCUT2D eigenvalue weighted by molar-refractivity contribution is 0.395. The molecule has 0 saturated heterocycles. The largest absolute Gasteiger partial charge is 0.496 e. The van der Waals surface area contributed by atoms with Gasteiger partial charge in [-0.3, -0.25) is 0 Å². The first-order chi connectivity index (χ1) is 15.2. The summed E-state index contributed by atoms with van der Waals surface area (Å²) in [5.74, 6) is 1.78. The maximum atomic E-state index is 13.4. The van der Waals surface area contributed by atoms with Crippen LogP contribution in [0.25, 0.3) is 32.6 Å². The number of benzene rings is 2. The van der Waals surface area contributed by atoms with Gasteiger partial charge in [0.25, 0.3) is 0 Å². The van der Waals surface area contributed by atoms with Gasteiger partial charge < -0.3 is 9.26 Å². The van der Waals surface area contributed by atoms with Crippen LogP contribution >= 0.6 is 23.1 Å². The molecule has 0 saturated carbocycles. The first-order valence-corrected chi connectivity index (χ1v) is 11.3. The van der Waals surface area contributed by atoms with Gasteiger partial charge in [-0.25, -0.2) is 14.4 Å². The zero-order chi connectivity index (χ0) is 21.2. The van der Waals surface area contributed by atoms with Crippen molar-refractivity contribution < 1.29 is 13.7 Å². The number of para-hydroxylation sites is 1. The number of hydrogen-bond acceptors (Lipinski definition) is 7. The lowest BCUT2D eigenvalue weighted by Crippen LogP contribution is -1.87. The Kier molecular flexibility index (Phi) is 5.40. The summed E-state index contributed by atoms with van der Waals surface area (Å²) < 4.78 is 24.3. The third kappa shape index (κ3) is 3.92. The van der Waals surface area contributed by atoms with E-state index in [1.165, 1.54) is 12.1 Å². The van der Waals surface area contributed by atoms with Crippen molar-refractivity contribution in [2.75, 3.05) is 7.11 Å². The summed E-state index contributed by atoms with van der Waals surface area (Å²) >= 11 is 3.10. The molecule has 0 N–H and O–H groups in total. The number of halogens is 1. The third-order valence-electron chi connectivity index (χ3n) is 4.78. The van der Waals surface area contributed by atoms with Gasteiger partial charge in [-0.1, -0.05) is 41.2 Å². The number of ether oxygens (including phenoxy) is 1. The summed E-state index contributed by atoms with van der Waals surface area (Å²) in [6, 6.07) is 16.1. The molecule has 0 spiro atoms. The quantitative estimate of drug-likeness (QED) is 0.219. The van der Waals surface area contributed by atoms with Crippen molar-refractivity contribution in [3.8, 4) is 28.1 Å². The third-order valence-corrected chi connectivity index (χ3v) is 6.68. The van der Waals surface area contributed by atoms with Crippen LogP contribution in [0.5, 0.6) is 5.75 Å². The Morgan fingerprint density at radius 1 is 1.06 bits per heavy atom. The fraction of sp³-hybridized carbons (Fsp3) is 0.0870. The maximum Gasteiger partial charge on any atom is 0.147 e. The molecule has 5 aromatic rings. The van der Waals surface area contributed by atoms with E-state index < -0.39 is 0 Å². The highest BCUT2D eigenvalue weighted by atomic mass is 32.2. The van der Waals surface area contributed by atoms with Gasteiger partial charge in [-0.15, -0.1) is 11.3 Å². The van der Waals surface area contributed by atoms with Crippen molar-refractivity contribution in [1.82, 2.24) is 15.1 Å². The number of nitrogens with zero attached hydrogens (tertiary/aromatic N) is 3. The minimum Gasteiger partial charge on any atom is -0.496 e. The van der Waals surface area contributed by atoms with Gasteiger partial charge in [-0.2, -0.15) is 0 Å². The molecule has 0 aliphatic heterocycles. The van der Waals surface area contributed by atoms with Crippen LogP contribution in [0.4, 0.5) is 4.39 Å². The van der Waals surface area contributed by atoms with Crippen LogP contribution in [0.15, 0.2) is 75.9 Å². The smallest absolute Gasteiger partial charge is 0.147 e. The molecular weight excluding hydrogens is 433 g/mol. The lowest BCUT2D eigenvalue weighted by atomic mass is 10.1. The van der Waals surface area contributed by atoms with Gasteiger partial charge >= 0.3 is 0 Å². The van der Waals surface area contributed by atoms with Crippen LogP contribution in [0, 0.1) is 5.82 Å². The summed E-state index contributed by atoms with van der Waals surface area (Å²) in [5, 5.41) is 8.05. The Morgan fingerprint density at radius 2 is 1.90 bits per heavy atom. The SMILES string of the molecule is COc1ccccc1-c1cc(CSc2ncnc3scc(-c4ccc(F)cc4)c23)on1. The fourth-order valence-electron chi connectivity index (χ4n) is 3.30. The Bertz CT molecular complexity index is 1350. The molecule has 0 aliphatic rings. The summed E-state index contributed by atoms with van der Waals surface area (Å²) in [7, 11) is 1.63. The molecule has 0 atom stereocenters. The number of methoxy groups -OCH3 is 1. The average Bonchev–Trinajstić information content (AvgIpc) is 3.46. The van der Waals surface area contributed by atoms with Crippen molar-refractivity contribution in [3.05, 3.63) is 77.9 Å². The molecule has 5 rings (SSSR count). The molecular formula is C23H16FN3O2S2. The molecule has 3 aromatic heterocycles. The lowest BCUT2D eigenvalue weighted by Gasteiger charge is -2.04. The Morgan fingerprint density at radius 3 is 2.74 bits per heavy atom. The zero-order valence-electron chi connectivity index (χ0n) is 16.4. The van der Waals surface area contributed by atoms with Gasteiger partial charge in [0.05, 0.1) is 18.2 Å². The average molecular weight is 450 g/mol. The van der Waals surface area contributed by atoms with E-state index in [1.54, 1.807) is 48.7 Å². The number of fused-ring (bicyclic) bond motifs is 1. The van der Waals surface area contributed by atoms with Crippen molar-refractivity contribution >= 4 is 33.3 Å². The zero-order valence-corrected chi connectivity index (χ0v) is 18.0. The molecule has 8 heteroatoms. The molecule has 0 amide bonds. The number of aromatic nitrogens is 3. The number of hydrogen-bond donors (Lipinski definition) is 0. The maximum absolute atomic E-state index is 13.4. The summed E-state index contributed by atoms with van der Waals surface area (Å²) in [6.07, 6.45) is 1.57. The molecule has 0 bridgehead atoms. The molecule has 3 heterocycles. The van der Waals surface area contributed by atoms with E-state index in [1.807, 2.05) is 35.7 Å². The normalized spacial score (nSPS) is 11.2. The van der Waals surface area contributed by atoms with E-state index in [-0.39, 0.29) is 5.82 Å². The second kappa shape index (κ2) is 8.49. The van der Waals surface area contributed by atoms with Crippen molar-refractivity contribution in [1.29, 1.82) is 0 Å². The molecule has 0 radical (unpaired) electrons. The molecule has 0 unspecified atom stereocenters.